The van der Waals surface area contributed by atoms with E-state index in [9.17, 15) is 4.79 Å². The molecule has 0 bridgehead atoms. The maximum atomic E-state index is 12.6. The van der Waals surface area contributed by atoms with Crippen LogP contribution in [0.25, 0.3) is 0 Å². The molecule has 1 atom stereocenters. The molecule has 1 aliphatic rings. The summed E-state index contributed by atoms with van der Waals surface area (Å²) >= 11 is 0. The number of anilines is 1. The monoisotopic (exact) mass is 368 g/mol. The van der Waals surface area contributed by atoms with E-state index in [0.717, 1.165) is 42.1 Å². The van der Waals surface area contributed by atoms with Gasteiger partial charge in [-0.15, -0.1) is 0 Å². The maximum Gasteiger partial charge on any atom is 0.238 e. The zero-order valence-corrected chi connectivity index (χ0v) is 16.5. The summed E-state index contributed by atoms with van der Waals surface area (Å²) in [5.74, 6) is 1.59. The van der Waals surface area contributed by atoms with E-state index in [1.54, 1.807) is 14.2 Å². The molecule has 2 aromatic rings. The van der Waals surface area contributed by atoms with Gasteiger partial charge >= 0.3 is 0 Å². The predicted octanol–water partition coefficient (Wildman–Crippen LogP) is 4.10. The second-order valence-corrected chi connectivity index (χ2v) is 7.08. The van der Waals surface area contributed by atoms with Crippen LogP contribution in [0.2, 0.25) is 0 Å². The SMILES string of the molecule is COc1ccc(C2CCCN2CC(=O)Nc2ccc(C)c(C)c2)c(OC)c1. The molecule has 0 aromatic heterocycles. The van der Waals surface area contributed by atoms with Crippen molar-refractivity contribution in [3.05, 3.63) is 53.1 Å². The van der Waals surface area contributed by atoms with Crippen LogP contribution in [0.5, 0.6) is 11.5 Å². The number of ether oxygens (including phenoxy) is 2. The molecular weight excluding hydrogens is 340 g/mol. The first kappa shape index (κ1) is 19.2. The summed E-state index contributed by atoms with van der Waals surface area (Å²) in [7, 11) is 3.32. The van der Waals surface area contributed by atoms with Crippen LogP contribution in [0.3, 0.4) is 0 Å². The van der Waals surface area contributed by atoms with E-state index >= 15 is 0 Å². The number of likely N-dealkylation sites (tertiary alicyclic amines) is 1. The molecule has 144 valence electrons. The number of carbonyl (C=O) groups excluding carboxylic acids is 1. The van der Waals surface area contributed by atoms with Gasteiger partial charge < -0.3 is 14.8 Å². The van der Waals surface area contributed by atoms with E-state index in [1.165, 1.54) is 11.1 Å². The van der Waals surface area contributed by atoms with Gasteiger partial charge in [-0.25, -0.2) is 0 Å². The summed E-state index contributed by atoms with van der Waals surface area (Å²) in [4.78, 5) is 14.8. The number of methoxy groups -OCH3 is 2. The largest absolute Gasteiger partial charge is 0.497 e. The molecule has 1 saturated heterocycles. The number of carbonyl (C=O) groups is 1. The Balaban J connectivity index is 1.71. The highest BCUT2D eigenvalue weighted by Gasteiger charge is 2.29. The molecule has 1 amide bonds. The van der Waals surface area contributed by atoms with Crippen LogP contribution < -0.4 is 14.8 Å². The summed E-state index contributed by atoms with van der Waals surface area (Å²) in [6.45, 7) is 5.39. The van der Waals surface area contributed by atoms with Crippen molar-refractivity contribution in [2.75, 3.05) is 32.6 Å². The second kappa shape index (κ2) is 8.44. The van der Waals surface area contributed by atoms with E-state index in [1.807, 2.05) is 36.4 Å². The number of amides is 1. The van der Waals surface area contributed by atoms with E-state index in [-0.39, 0.29) is 11.9 Å². The van der Waals surface area contributed by atoms with Crippen molar-refractivity contribution in [3.8, 4) is 11.5 Å². The van der Waals surface area contributed by atoms with Crippen molar-refractivity contribution in [2.24, 2.45) is 0 Å². The summed E-state index contributed by atoms with van der Waals surface area (Å²) in [5, 5.41) is 3.02. The molecule has 5 nitrogen and oxygen atoms in total. The van der Waals surface area contributed by atoms with Crippen molar-refractivity contribution in [3.63, 3.8) is 0 Å². The quantitative estimate of drug-likeness (QED) is 0.834. The molecule has 1 N–H and O–H groups in total. The highest BCUT2D eigenvalue weighted by molar-refractivity contribution is 5.92. The Bertz CT molecular complexity index is 819. The smallest absolute Gasteiger partial charge is 0.238 e. The third-order valence-corrected chi connectivity index (χ3v) is 5.30. The first-order valence-corrected chi connectivity index (χ1v) is 9.35. The predicted molar refractivity (Wildman–Crippen MR) is 108 cm³/mol. The van der Waals surface area contributed by atoms with Gasteiger partial charge in [-0.2, -0.15) is 0 Å². The molecule has 27 heavy (non-hydrogen) atoms. The van der Waals surface area contributed by atoms with Crippen LogP contribution in [-0.2, 0) is 4.79 Å². The molecule has 1 unspecified atom stereocenters. The van der Waals surface area contributed by atoms with Crippen molar-refractivity contribution in [1.82, 2.24) is 4.90 Å². The Morgan fingerprint density at radius 2 is 1.93 bits per heavy atom. The fourth-order valence-corrected chi connectivity index (χ4v) is 3.67. The molecule has 0 aliphatic carbocycles. The van der Waals surface area contributed by atoms with E-state index in [0.29, 0.717) is 6.54 Å². The van der Waals surface area contributed by atoms with Gasteiger partial charge in [0, 0.05) is 23.4 Å². The lowest BCUT2D eigenvalue weighted by Gasteiger charge is -2.26. The van der Waals surface area contributed by atoms with Gasteiger partial charge in [0.25, 0.3) is 0 Å². The van der Waals surface area contributed by atoms with Gasteiger partial charge in [-0.05, 0) is 62.6 Å². The fraction of sp³-hybridized carbons (Fsp3) is 0.409. The molecule has 0 spiro atoms. The van der Waals surface area contributed by atoms with Gasteiger partial charge in [-0.1, -0.05) is 12.1 Å². The number of benzene rings is 2. The summed E-state index contributed by atoms with van der Waals surface area (Å²) in [6.07, 6.45) is 2.08. The van der Waals surface area contributed by atoms with Crippen LogP contribution in [0.1, 0.15) is 35.6 Å². The lowest BCUT2D eigenvalue weighted by atomic mass is 10.0. The topological polar surface area (TPSA) is 50.8 Å². The van der Waals surface area contributed by atoms with Gasteiger partial charge in [0.15, 0.2) is 0 Å². The molecule has 1 aliphatic heterocycles. The molecule has 0 saturated carbocycles. The van der Waals surface area contributed by atoms with Gasteiger partial charge in [0.2, 0.25) is 5.91 Å². The minimum Gasteiger partial charge on any atom is -0.497 e. The summed E-state index contributed by atoms with van der Waals surface area (Å²) < 4.78 is 10.9. The Hall–Kier alpha value is -2.53. The molecule has 2 aromatic carbocycles. The highest BCUT2D eigenvalue weighted by atomic mass is 16.5. The lowest BCUT2D eigenvalue weighted by Crippen LogP contribution is -2.33. The fourth-order valence-electron chi connectivity index (χ4n) is 3.67. The summed E-state index contributed by atoms with van der Waals surface area (Å²) in [5.41, 5.74) is 4.35. The van der Waals surface area contributed by atoms with E-state index < -0.39 is 0 Å². The van der Waals surface area contributed by atoms with Crippen LogP contribution in [0.15, 0.2) is 36.4 Å². The standard InChI is InChI=1S/C22H28N2O3/c1-15-7-8-17(12-16(15)2)23-22(25)14-24-11-5-6-20(24)19-10-9-18(26-3)13-21(19)27-4/h7-10,12-13,20H,5-6,11,14H2,1-4H3,(H,23,25). The van der Waals surface area contributed by atoms with Gasteiger partial charge in [-0.3, -0.25) is 9.69 Å². The number of hydrogen-bond acceptors (Lipinski definition) is 4. The van der Waals surface area contributed by atoms with E-state index in [4.69, 9.17) is 9.47 Å². The number of hydrogen-bond donors (Lipinski definition) is 1. The average Bonchev–Trinajstić information content (AvgIpc) is 3.11. The van der Waals surface area contributed by atoms with Gasteiger partial charge in [0.05, 0.1) is 20.8 Å². The van der Waals surface area contributed by atoms with E-state index in [2.05, 4.69) is 24.1 Å². The zero-order valence-electron chi connectivity index (χ0n) is 16.5. The minimum atomic E-state index is 0.0117. The van der Waals surface area contributed by atoms with Crippen LogP contribution >= 0.6 is 0 Å². The highest BCUT2D eigenvalue weighted by Crippen LogP contribution is 2.38. The maximum absolute atomic E-state index is 12.6. The van der Waals surface area contributed by atoms with Crippen molar-refractivity contribution in [2.45, 2.75) is 32.7 Å². The van der Waals surface area contributed by atoms with Crippen molar-refractivity contribution in [1.29, 1.82) is 0 Å². The molecular formula is C22H28N2O3. The Morgan fingerprint density at radius 3 is 2.63 bits per heavy atom. The Morgan fingerprint density at radius 1 is 1.11 bits per heavy atom. The molecule has 1 fully saturated rings. The first-order valence-electron chi connectivity index (χ1n) is 9.35. The number of aryl methyl sites for hydroxylation is 2. The molecule has 5 heteroatoms. The zero-order chi connectivity index (χ0) is 19.4. The Labute approximate surface area is 161 Å². The molecule has 1 heterocycles. The van der Waals surface area contributed by atoms with Crippen LogP contribution in [0, 0.1) is 13.8 Å². The van der Waals surface area contributed by atoms with Crippen molar-refractivity contribution < 1.29 is 14.3 Å². The van der Waals surface area contributed by atoms with Crippen LogP contribution in [0.4, 0.5) is 5.69 Å². The number of nitrogens with zero attached hydrogens (tertiary/aromatic N) is 1. The third-order valence-electron chi connectivity index (χ3n) is 5.30. The number of rotatable bonds is 6. The normalized spacial score (nSPS) is 17.0. The first-order chi connectivity index (χ1) is 13.0. The lowest BCUT2D eigenvalue weighted by molar-refractivity contribution is -0.117. The van der Waals surface area contributed by atoms with Crippen molar-refractivity contribution >= 4 is 11.6 Å². The summed E-state index contributed by atoms with van der Waals surface area (Å²) in [6, 6.07) is 12.1. The second-order valence-electron chi connectivity index (χ2n) is 7.08. The number of nitrogens with one attached hydrogen (secondary N) is 1. The van der Waals surface area contributed by atoms with Gasteiger partial charge in [0.1, 0.15) is 11.5 Å². The third kappa shape index (κ3) is 4.42. The average molecular weight is 368 g/mol. The molecule has 0 radical (unpaired) electrons. The Kier molecular flexibility index (Phi) is 6.01. The molecule has 3 rings (SSSR count). The van der Waals surface area contributed by atoms with Crippen LogP contribution in [-0.4, -0.2) is 38.1 Å². The minimum absolute atomic E-state index is 0.0117.